The first-order valence-corrected chi connectivity index (χ1v) is 7.13. The summed E-state index contributed by atoms with van der Waals surface area (Å²) >= 11 is 0. The van der Waals surface area contributed by atoms with Crippen molar-refractivity contribution in [1.29, 1.82) is 0 Å². The third-order valence-electron chi connectivity index (χ3n) is 4.63. The van der Waals surface area contributed by atoms with Crippen LogP contribution in [-0.4, -0.2) is 54.0 Å². The normalized spacial score (nSPS) is 31.1. The van der Waals surface area contributed by atoms with Gasteiger partial charge in [0.1, 0.15) is 0 Å². The standard InChI is InChI=1S/C13H26N4O/c1-3-4-12(13(18)15-14)17-8-7-10-5-6-11(9-17)16(10)2/h10-12H,3-9,14H2,1-2H3,(H,15,18). The smallest absolute Gasteiger partial charge is 0.251 e. The fraction of sp³-hybridized carbons (Fsp3) is 0.923. The summed E-state index contributed by atoms with van der Waals surface area (Å²) in [7, 11) is 2.23. The first-order chi connectivity index (χ1) is 8.67. The molecular weight excluding hydrogens is 228 g/mol. The van der Waals surface area contributed by atoms with E-state index < -0.39 is 0 Å². The van der Waals surface area contributed by atoms with Gasteiger partial charge in [-0.2, -0.15) is 0 Å². The van der Waals surface area contributed by atoms with Gasteiger partial charge in [-0.1, -0.05) is 13.3 Å². The highest BCUT2D eigenvalue weighted by Gasteiger charge is 2.37. The molecule has 5 nitrogen and oxygen atoms in total. The number of hydrazine groups is 1. The summed E-state index contributed by atoms with van der Waals surface area (Å²) in [5.41, 5.74) is 2.33. The largest absolute Gasteiger partial charge is 0.299 e. The highest BCUT2D eigenvalue weighted by molar-refractivity contribution is 5.81. The van der Waals surface area contributed by atoms with Crippen LogP contribution in [-0.2, 0) is 4.79 Å². The van der Waals surface area contributed by atoms with E-state index in [0.717, 1.165) is 25.9 Å². The Morgan fingerprint density at radius 1 is 1.39 bits per heavy atom. The van der Waals surface area contributed by atoms with E-state index in [9.17, 15) is 4.79 Å². The Labute approximate surface area is 110 Å². The second-order valence-corrected chi connectivity index (χ2v) is 5.65. The molecule has 2 rings (SSSR count). The van der Waals surface area contributed by atoms with Crippen LogP contribution in [0.5, 0.6) is 0 Å². The summed E-state index contributed by atoms with van der Waals surface area (Å²) < 4.78 is 0. The maximum absolute atomic E-state index is 11.9. The van der Waals surface area contributed by atoms with Gasteiger partial charge in [-0.15, -0.1) is 0 Å². The number of hydrogen-bond acceptors (Lipinski definition) is 4. The molecule has 18 heavy (non-hydrogen) atoms. The van der Waals surface area contributed by atoms with E-state index in [1.807, 2.05) is 0 Å². The van der Waals surface area contributed by atoms with Crippen LogP contribution in [0, 0.1) is 0 Å². The summed E-state index contributed by atoms with van der Waals surface area (Å²) in [4.78, 5) is 16.8. The van der Waals surface area contributed by atoms with Crippen LogP contribution in [0.15, 0.2) is 0 Å². The highest BCUT2D eigenvalue weighted by Crippen LogP contribution is 2.29. The molecule has 3 atom stereocenters. The van der Waals surface area contributed by atoms with Gasteiger partial charge in [0, 0.05) is 25.2 Å². The van der Waals surface area contributed by atoms with Gasteiger partial charge in [0.25, 0.3) is 5.91 Å². The van der Waals surface area contributed by atoms with E-state index in [2.05, 4.69) is 29.2 Å². The molecule has 104 valence electrons. The van der Waals surface area contributed by atoms with Crippen molar-refractivity contribution in [2.75, 3.05) is 20.1 Å². The third-order valence-corrected chi connectivity index (χ3v) is 4.63. The van der Waals surface area contributed by atoms with Gasteiger partial charge in [0.15, 0.2) is 0 Å². The molecule has 2 saturated heterocycles. The van der Waals surface area contributed by atoms with E-state index in [-0.39, 0.29) is 11.9 Å². The molecule has 2 aliphatic heterocycles. The zero-order valence-corrected chi connectivity index (χ0v) is 11.6. The Kier molecular flexibility index (Phi) is 4.59. The molecule has 0 spiro atoms. The SMILES string of the molecule is CCCC(C(=O)NN)N1CCC2CCC(C1)N2C. The van der Waals surface area contributed by atoms with Crippen LogP contribution < -0.4 is 11.3 Å². The molecule has 2 heterocycles. The van der Waals surface area contributed by atoms with E-state index >= 15 is 0 Å². The molecule has 0 aromatic heterocycles. The van der Waals surface area contributed by atoms with Gasteiger partial charge in [-0.05, 0) is 32.7 Å². The summed E-state index contributed by atoms with van der Waals surface area (Å²) in [5, 5.41) is 0. The van der Waals surface area contributed by atoms with Crippen molar-refractivity contribution in [2.24, 2.45) is 5.84 Å². The number of nitrogens with two attached hydrogens (primary N) is 1. The highest BCUT2D eigenvalue weighted by atomic mass is 16.2. The summed E-state index contributed by atoms with van der Waals surface area (Å²) in [6.45, 7) is 4.14. The molecule has 5 heteroatoms. The average molecular weight is 254 g/mol. The molecule has 2 aliphatic rings. The lowest BCUT2D eigenvalue weighted by Gasteiger charge is -2.31. The predicted octanol–water partition coefficient (Wildman–Crippen LogP) is 0.314. The number of rotatable bonds is 4. The van der Waals surface area contributed by atoms with Gasteiger partial charge < -0.3 is 0 Å². The van der Waals surface area contributed by atoms with Crippen molar-refractivity contribution in [3.63, 3.8) is 0 Å². The number of nitrogens with one attached hydrogen (secondary N) is 1. The first-order valence-electron chi connectivity index (χ1n) is 7.13. The first kappa shape index (κ1) is 13.8. The van der Waals surface area contributed by atoms with Crippen molar-refractivity contribution in [2.45, 2.75) is 57.2 Å². The molecule has 3 N–H and O–H groups in total. The molecule has 0 radical (unpaired) electrons. The van der Waals surface area contributed by atoms with E-state index in [4.69, 9.17) is 5.84 Å². The average Bonchev–Trinajstić information content (AvgIpc) is 2.60. The van der Waals surface area contributed by atoms with Gasteiger partial charge in [0.2, 0.25) is 0 Å². The fourth-order valence-corrected chi connectivity index (χ4v) is 3.47. The van der Waals surface area contributed by atoms with E-state index in [1.54, 1.807) is 0 Å². The van der Waals surface area contributed by atoms with Crippen LogP contribution in [0.1, 0.15) is 39.0 Å². The lowest BCUT2D eigenvalue weighted by Crippen LogP contribution is -2.51. The van der Waals surface area contributed by atoms with Crippen molar-refractivity contribution in [3.8, 4) is 0 Å². The summed E-state index contributed by atoms with van der Waals surface area (Å²) in [6, 6.07) is 1.28. The lowest BCUT2D eigenvalue weighted by molar-refractivity contribution is -0.127. The third kappa shape index (κ3) is 2.68. The minimum absolute atomic E-state index is 0.0303. The number of likely N-dealkylation sites (tertiary alicyclic amines) is 1. The quantitative estimate of drug-likeness (QED) is 0.431. The molecule has 0 aromatic rings. The van der Waals surface area contributed by atoms with Crippen LogP contribution in [0.25, 0.3) is 0 Å². The van der Waals surface area contributed by atoms with Crippen LogP contribution in [0.3, 0.4) is 0 Å². The minimum Gasteiger partial charge on any atom is -0.299 e. The molecule has 2 fully saturated rings. The van der Waals surface area contributed by atoms with Crippen molar-refractivity contribution >= 4 is 5.91 Å². The lowest BCUT2D eigenvalue weighted by atomic mass is 10.0. The Morgan fingerprint density at radius 3 is 2.78 bits per heavy atom. The van der Waals surface area contributed by atoms with Gasteiger partial charge >= 0.3 is 0 Å². The zero-order valence-electron chi connectivity index (χ0n) is 11.6. The van der Waals surface area contributed by atoms with Crippen LogP contribution in [0.4, 0.5) is 0 Å². The summed E-state index contributed by atoms with van der Waals surface area (Å²) in [6.07, 6.45) is 5.66. The number of carbonyl (C=O) groups is 1. The number of fused-ring (bicyclic) bond motifs is 2. The molecule has 1 amide bonds. The van der Waals surface area contributed by atoms with Gasteiger partial charge in [-0.25, -0.2) is 5.84 Å². The zero-order chi connectivity index (χ0) is 13.1. The number of likely N-dealkylation sites (N-methyl/N-ethyl adjacent to an activating group) is 1. The van der Waals surface area contributed by atoms with Gasteiger partial charge in [-0.3, -0.25) is 20.0 Å². The fourth-order valence-electron chi connectivity index (χ4n) is 3.47. The maximum atomic E-state index is 11.9. The Morgan fingerprint density at radius 2 is 2.11 bits per heavy atom. The number of amides is 1. The van der Waals surface area contributed by atoms with Gasteiger partial charge in [0.05, 0.1) is 6.04 Å². The number of hydrogen-bond donors (Lipinski definition) is 2. The Hall–Kier alpha value is -0.650. The van der Waals surface area contributed by atoms with Crippen molar-refractivity contribution in [1.82, 2.24) is 15.2 Å². The molecule has 0 aliphatic carbocycles. The second-order valence-electron chi connectivity index (χ2n) is 5.65. The summed E-state index contributed by atoms with van der Waals surface area (Å²) in [5.74, 6) is 5.29. The molecule has 3 unspecified atom stereocenters. The van der Waals surface area contributed by atoms with Crippen molar-refractivity contribution in [3.05, 3.63) is 0 Å². The molecular formula is C13H26N4O. The Bertz CT molecular complexity index is 297. The number of carbonyl (C=O) groups excluding carboxylic acids is 1. The van der Waals surface area contributed by atoms with Crippen LogP contribution in [0.2, 0.25) is 0 Å². The monoisotopic (exact) mass is 254 g/mol. The minimum atomic E-state index is -0.0484. The predicted molar refractivity (Wildman–Crippen MR) is 71.8 cm³/mol. The van der Waals surface area contributed by atoms with E-state index in [1.165, 1.54) is 19.3 Å². The maximum Gasteiger partial charge on any atom is 0.251 e. The van der Waals surface area contributed by atoms with E-state index in [0.29, 0.717) is 12.1 Å². The molecule has 0 saturated carbocycles. The topological polar surface area (TPSA) is 61.6 Å². The molecule has 0 aromatic carbocycles. The molecule has 2 bridgehead atoms. The van der Waals surface area contributed by atoms with Crippen molar-refractivity contribution < 1.29 is 4.79 Å². The Balaban J connectivity index is 2.04. The second kappa shape index (κ2) is 5.99. The van der Waals surface area contributed by atoms with Crippen LogP contribution >= 0.6 is 0 Å². The number of nitrogens with zero attached hydrogens (tertiary/aromatic N) is 2.